The van der Waals surface area contributed by atoms with Gasteiger partial charge in [0.2, 0.25) is 5.91 Å². The summed E-state index contributed by atoms with van der Waals surface area (Å²) in [4.78, 5) is 13.1. The SMILES string of the molecule is CCC(=O)NCCCN1C=CCCC=C1. The van der Waals surface area contributed by atoms with Gasteiger partial charge in [-0.1, -0.05) is 19.1 Å². The molecule has 0 saturated heterocycles. The monoisotopic (exact) mass is 208 g/mol. The maximum atomic E-state index is 11.0. The zero-order valence-electron chi connectivity index (χ0n) is 9.41. The van der Waals surface area contributed by atoms with Crippen LogP contribution in [0.5, 0.6) is 0 Å². The first-order chi connectivity index (χ1) is 7.33. The van der Waals surface area contributed by atoms with Gasteiger partial charge in [-0.15, -0.1) is 0 Å². The second kappa shape index (κ2) is 7.10. The van der Waals surface area contributed by atoms with Crippen molar-refractivity contribution in [3.8, 4) is 0 Å². The number of amides is 1. The van der Waals surface area contributed by atoms with Crippen molar-refractivity contribution < 1.29 is 4.79 Å². The predicted octanol–water partition coefficient (Wildman–Crippen LogP) is 2.03. The average Bonchev–Trinajstić information content (AvgIpc) is 2.52. The van der Waals surface area contributed by atoms with Gasteiger partial charge in [0.25, 0.3) is 0 Å². The van der Waals surface area contributed by atoms with Crippen LogP contribution in [0, 0.1) is 0 Å². The molecule has 84 valence electrons. The van der Waals surface area contributed by atoms with E-state index in [2.05, 4.69) is 34.8 Å². The van der Waals surface area contributed by atoms with E-state index >= 15 is 0 Å². The number of nitrogens with zero attached hydrogens (tertiary/aromatic N) is 1. The molecule has 0 aromatic carbocycles. The molecule has 0 fully saturated rings. The van der Waals surface area contributed by atoms with Gasteiger partial charge in [-0.25, -0.2) is 0 Å². The van der Waals surface area contributed by atoms with Crippen LogP contribution in [-0.4, -0.2) is 23.9 Å². The zero-order valence-corrected chi connectivity index (χ0v) is 9.41. The fraction of sp³-hybridized carbons (Fsp3) is 0.583. The van der Waals surface area contributed by atoms with E-state index in [-0.39, 0.29) is 5.91 Å². The number of rotatable bonds is 5. The van der Waals surface area contributed by atoms with E-state index in [1.807, 2.05) is 6.92 Å². The summed E-state index contributed by atoms with van der Waals surface area (Å²) in [6.45, 7) is 3.61. The standard InChI is InChI=1S/C12H20N2O/c1-2-12(15)13-8-7-11-14-9-5-3-4-6-10-14/h5-6,9-10H,2-4,7-8,11H2,1H3,(H,13,15). The fourth-order valence-corrected chi connectivity index (χ4v) is 1.43. The molecule has 3 heteroatoms. The van der Waals surface area contributed by atoms with Gasteiger partial charge in [0.05, 0.1) is 0 Å². The van der Waals surface area contributed by atoms with Crippen LogP contribution in [0.2, 0.25) is 0 Å². The highest BCUT2D eigenvalue weighted by Crippen LogP contribution is 2.04. The van der Waals surface area contributed by atoms with Gasteiger partial charge in [-0.2, -0.15) is 0 Å². The van der Waals surface area contributed by atoms with Gasteiger partial charge in [-0.05, 0) is 31.7 Å². The van der Waals surface area contributed by atoms with Crippen LogP contribution in [0.25, 0.3) is 0 Å². The summed E-state index contributed by atoms with van der Waals surface area (Å²) in [6, 6.07) is 0. The third-order valence-corrected chi connectivity index (χ3v) is 2.33. The quantitative estimate of drug-likeness (QED) is 0.701. The first-order valence-corrected chi connectivity index (χ1v) is 5.68. The molecule has 15 heavy (non-hydrogen) atoms. The molecule has 0 bridgehead atoms. The van der Waals surface area contributed by atoms with Gasteiger partial charge in [-0.3, -0.25) is 4.79 Å². The number of hydrogen-bond acceptors (Lipinski definition) is 2. The van der Waals surface area contributed by atoms with E-state index in [4.69, 9.17) is 0 Å². The molecule has 0 unspecified atom stereocenters. The number of hydrogen-bond donors (Lipinski definition) is 1. The molecule has 0 aromatic rings. The van der Waals surface area contributed by atoms with Crippen molar-refractivity contribution >= 4 is 5.91 Å². The van der Waals surface area contributed by atoms with Crippen LogP contribution < -0.4 is 5.32 Å². The first kappa shape index (κ1) is 11.8. The summed E-state index contributed by atoms with van der Waals surface area (Å²) in [5, 5.41) is 2.87. The molecule has 1 heterocycles. The number of carbonyl (C=O) groups excluding carboxylic acids is 1. The Morgan fingerprint density at radius 1 is 1.33 bits per heavy atom. The summed E-state index contributed by atoms with van der Waals surface area (Å²) >= 11 is 0. The lowest BCUT2D eigenvalue weighted by molar-refractivity contribution is -0.120. The number of carbonyl (C=O) groups is 1. The molecule has 1 N–H and O–H groups in total. The second-order valence-electron chi connectivity index (χ2n) is 3.64. The molecule has 1 aliphatic rings. The van der Waals surface area contributed by atoms with Crippen molar-refractivity contribution in [3.63, 3.8) is 0 Å². The van der Waals surface area contributed by atoms with E-state index in [0.717, 1.165) is 32.4 Å². The normalized spacial score (nSPS) is 15.1. The van der Waals surface area contributed by atoms with Gasteiger partial charge in [0, 0.05) is 19.5 Å². The summed E-state index contributed by atoms with van der Waals surface area (Å²) in [5.41, 5.74) is 0. The number of nitrogens with one attached hydrogen (secondary N) is 1. The Morgan fingerprint density at radius 2 is 2.00 bits per heavy atom. The first-order valence-electron chi connectivity index (χ1n) is 5.68. The second-order valence-corrected chi connectivity index (χ2v) is 3.64. The van der Waals surface area contributed by atoms with E-state index in [1.54, 1.807) is 0 Å². The average molecular weight is 208 g/mol. The minimum atomic E-state index is 0.136. The molecule has 0 atom stereocenters. The Labute approximate surface area is 91.8 Å². The van der Waals surface area contributed by atoms with Gasteiger partial charge < -0.3 is 10.2 Å². The van der Waals surface area contributed by atoms with Crippen LogP contribution in [0.3, 0.4) is 0 Å². The maximum Gasteiger partial charge on any atom is 0.219 e. The third kappa shape index (κ3) is 5.25. The van der Waals surface area contributed by atoms with Crippen LogP contribution in [0.1, 0.15) is 32.6 Å². The highest BCUT2D eigenvalue weighted by molar-refractivity contribution is 5.75. The van der Waals surface area contributed by atoms with E-state index in [9.17, 15) is 4.79 Å². The molecular weight excluding hydrogens is 188 g/mol. The van der Waals surface area contributed by atoms with Crippen LogP contribution in [-0.2, 0) is 4.79 Å². The molecule has 0 saturated carbocycles. The largest absolute Gasteiger partial charge is 0.356 e. The highest BCUT2D eigenvalue weighted by atomic mass is 16.1. The minimum absolute atomic E-state index is 0.136. The third-order valence-electron chi connectivity index (χ3n) is 2.33. The van der Waals surface area contributed by atoms with Crippen LogP contribution in [0.15, 0.2) is 24.6 Å². The lowest BCUT2D eigenvalue weighted by Crippen LogP contribution is -2.25. The number of allylic oxidation sites excluding steroid dienone is 2. The summed E-state index contributed by atoms with van der Waals surface area (Å²) in [5.74, 6) is 0.136. The molecule has 0 aliphatic carbocycles. The molecule has 0 spiro atoms. The van der Waals surface area contributed by atoms with Gasteiger partial charge >= 0.3 is 0 Å². The summed E-state index contributed by atoms with van der Waals surface area (Å²) in [6.07, 6.45) is 12.4. The topological polar surface area (TPSA) is 32.3 Å². The van der Waals surface area contributed by atoms with Crippen molar-refractivity contribution in [1.29, 1.82) is 0 Å². The molecule has 3 nitrogen and oxygen atoms in total. The smallest absolute Gasteiger partial charge is 0.219 e. The van der Waals surface area contributed by atoms with Crippen LogP contribution in [0.4, 0.5) is 0 Å². The maximum absolute atomic E-state index is 11.0. The Hall–Kier alpha value is -1.25. The lowest BCUT2D eigenvalue weighted by atomic mass is 10.3. The van der Waals surface area contributed by atoms with Crippen LogP contribution >= 0.6 is 0 Å². The zero-order chi connectivity index (χ0) is 10.9. The molecule has 1 amide bonds. The lowest BCUT2D eigenvalue weighted by Gasteiger charge is -2.14. The van der Waals surface area contributed by atoms with E-state index in [0.29, 0.717) is 6.42 Å². The summed E-state index contributed by atoms with van der Waals surface area (Å²) in [7, 11) is 0. The van der Waals surface area contributed by atoms with Crippen molar-refractivity contribution in [2.45, 2.75) is 32.6 Å². The van der Waals surface area contributed by atoms with Gasteiger partial charge in [0.15, 0.2) is 0 Å². The van der Waals surface area contributed by atoms with Gasteiger partial charge in [0.1, 0.15) is 0 Å². The molecule has 1 aliphatic heterocycles. The summed E-state index contributed by atoms with van der Waals surface area (Å²) < 4.78 is 0. The van der Waals surface area contributed by atoms with Crippen molar-refractivity contribution in [2.75, 3.05) is 13.1 Å². The Bertz CT molecular complexity index is 232. The van der Waals surface area contributed by atoms with Crippen molar-refractivity contribution in [3.05, 3.63) is 24.6 Å². The molecule has 0 aromatic heterocycles. The van der Waals surface area contributed by atoms with Crippen molar-refractivity contribution in [1.82, 2.24) is 10.2 Å². The Morgan fingerprint density at radius 3 is 2.60 bits per heavy atom. The predicted molar refractivity (Wildman–Crippen MR) is 62.1 cm³/mol. The molecular formula is C12H20N2O. The van der Waals surface area contributed by atoms with E-state index < -0.39 is 0 Å². The molecule has 1 rings (SSSR count). The van der Waals surface area contributed by atoms with E-state index in [1.165, 1.54) is 0 Å². The Kier molecular flexibility index (Phi) is 5.59. The Balaban J connectivity index is 2.11. The van der Waals surface area contributed by atoms with Crippen molar-refractivity contribution in [2.24, 2.45) is 0 Å². The minimum Gasteiger partial charge on any atom is -0.356 e. The molecule has 0 radical (unpaired) electrons. The fourth-order valence-electron chi connectivity index (χ4n) is 1.43. The highest BCUT2D eigenvalue weighted by Gasteiger charge is 1.98.